The molecule has 1 atom stereocenters. The van der Waals surface area contributed by atoms with Gasteiger partial charge in [0, 0.05) is 19.1 Å². The van der Waals surface area contributed by atoms with Gasteiger partial charge in [0.1, 0.15) is 0 Å². The number of piperidine rings is 1. The minimum Gasteiger partial charge on any atom is -0.452 e. The largest absolute Gasteiger partial charge is 0.452 e. The summed E-state index contributed by atoms with van der Waals surface area (Å²) in [6.07, 6.45) is 3.74. The van der Waals surface area contributed by atoms with Gasteiger partial charge in [-0.2, -0.15) is 0 Å². The molecule has 1 amide bonds. The third kappa shape index (κ3) is 5.54. The topological polar surface area (TPSA) is 92.8 Å². The van der Waals surface area contributed by atoms with Crippen LogP contribution in [0, 0.1) is 0 Å². The third-order valence-electron chi connectivity index (χ3n) is 4.40. The number of carbonyl (C=O) groups is 2. The normalized spacial score (nSPS) is 16.2. The number of ether oxygens (including phenoxy) is 1. The van der Waals surface area contributed by atoms with E-state index in [1.54, 1.807) is 11.8 Å². The molecule has 1 aliphatic rings. The number of hydrogen-bond donors (Lipinski definition) is 1. The summed E-state index contributed by atoms with van der Waals surface area (Å²) in [4.78, 5) is 25.9. The molecular formula is C18H26N2O5S. The minimum absolute atomic E-state index is 0.0822. The molecule has 1 saturated heterocycles. The number of hydrogen-bond acceptors (Lipinski definition) is 5. The first-order valence-corrected chi connectivity index (χ1v) is 10.4. The van der Waals surface area contributed by atoms with Crippen LogP contribution in [0.1, 0.15) is 49.9 Å². The molecule has 0 spiro atoms. The summed E-state index contributed by atoms with van der Waals surface area (Å²) in [5.74, 6) is -0.843. The van der Waals surface area contributed by atoms with Gasteiger partial charge in [-0.1, -0.05) is 6.92 Å². The van der Waals surface area contributed by atoms with E-state index in [-0.39, 0.29) is 29.0 Å². The van der Waals surface area contributed by atoms with Crippen molar-refractivity contribution in [2.24, 2.45) is 0 Å². The zero-order valence-electron chi connectivity index (χ0n) is 15.2. The smallest absolute Gasteiger partial charge is 0.338 e. The lowest BCUT2D eigenvalue weighted by Crippen LogP contribution is -2.38. The molecule has 2 rings (SSSR count). The number of amides is 1. The minimum atomic E-state index is -3.62. The SMILES string of the molecule is CC[C@@H](C)NS(=O)(=O)c1ccc(C(=O)OCC(=O)N2CCCCC2)cc1. The highest BCUT2D eigenvalue weighted by atomic mass is 32.2. The maximum absolute atomic E-state index is 12.2. The van der Waals surface area contributed by atoms with Crippen LogP contribution >= 0.6 is 0 Å². The highest BCUT2D eigenvalue weighted by Crippen LogP contribution is 2.13. The van der Waals surface area contributed by atoms with Gasteiger partial charge in [-0.3, -0.25) is 4.79 Å². The van der Waals surface area contributed by atoms with Crippen molar-refractivity contribution in [2.75, 3.05) is 19.7 Å². The fourth-order valence-corrected chi connectivity index (χ4v) is 3.96. The fraction of sp³-hybridized carbons (Fsp3) is 0.556. The molecule has 26 heavy (non-hydrogen) atoms. The van der Waals surface area contributed by atoms with Crippen LogP contribution in [0.5, 0.6) is 0 Å². The van der Waals surface area contributed by atoms with Gasteiger partial charge in [0.15, 0.2) is 6.61 Å². The van der Waals surface area contributed by atoms with E-state index in [1.807, 2.05) is 6.92 Å². The lowest BCUT2D eigenvalue weighted by molar-refractivity contribution is -0.135. The molecule has 1 N–H and O–H groups in total. The van der Waals surface area contributed by atoms with Crippen LogP contribution in [-0.2, 0) is 19.6 Å². The van der Waals surface area contributed by atoms with E-state index in [0.29, 0.717) is 19.5 Å². The summed E-state index contributed by atoms with van der Waals surface area (Å²) in [5, 5.41) is 0. The van der Waals surface area contributed by atoms with E-state index in [2.05, 4.69) is 4.72 Å². The van der Waals surface area contributed by atoms with Crippen molar-refractivity contribution in [1.82, 2.24) is 9.62 Å². The molecule has 0 aromatic heterocycles. The van der Waals surface area contributed by atoms with Crippen molar-refractivity contribution >= 4 is 21.9 Å². The van der Waals surface area contributed by atoms with Gasteiger partial charge in [-0.25, -0.2) is 17.9 Å². The fourth-order valence-electron chi connectivity index (χ4n) is 2.63. The predicted octanol–water partition coefficient (Wildman–Crippen LogP) is 1.93. The summed E-state index contributed by atoms with van der Waals surface area (Å²) in [6, 6.07) is 5.31. The average molecular weight is 382 g/mol. The number of nitrogens with one attached hydrogen (secondary N) is 1. The monoisotopic (exact) mass is 382 g/mol. The molecule has 1 aromatic carbocycles. The first kappa shape index (κ1) is 20.4. The van der Waals surface area contributed by atoms with Crippen LogP contribution in [-0.4, -0.2) is 50.9 Å². The molecule has 144 valence electrons. The average Bonchev–Trinajstić information content (AvgIpc) is 2.66. The summed E-state index contributed by atoms with van der Waals surface area (Å²) in [6.45, 7) is 4.77. The summed E-state index contributed by atoms with van der Waals surface area (Å²) in [7, 11) is -3.62. The van der Waals surface area contributed by atoms with E-state index >= 15 is 0 Å². The van der Waals surface area contributed by atoms with E-state index in [9.17, 15) is 18.0 Å². The Bertz CT molecular complexity index is 724. The van der Waals surface area contributed by atoms with Gasteiger partial charge >= 0.3 is 5.97 Å². The van der Waals surface area contributed by atoms with E-state index in [0.717, 1.165) is 19.3 Å². The molecule has 7 nitrogen and oxygen atoms in total. The number of rotatable bonds is 7. The molecule has 1 aliphatic heterocycles. The van der Waals surface area contributed by atoms with Crippen LogP contribution in [0.4, 0.5) is 0 Å². The number of likely N-dealkylation sites (tertiary alicyclic amines) is 1. The highest BCUT2D eigenvalue weighted by molar-refractivity contribution is 7.89. The van der Waals surface area contributed by atoms with Gasteiger partial charge in [-0.05, 0) is 56.9 Å². The summed E-state index contributed by atoms with van der Waals surface area (Å²) in [5.41, 5.74) is 0.207. The maximum atomic E-state index is 12.2. The van der Waals surface area contributed by atoms with Crippen molar-refractivity contribution in [3.63, 3.8) is 0 Å². The van der Waals surface area contributed by atoms with Crippen molar-refractivity contribution in [3.05, 3.63) is 29.8 Å². The van der Waals surface area contributed by atoms with E-state index in [1.165, 1.54) is 24.3 Å². The van der Waals surface area contributed by atoms with E-state index in [4.69, 9.17) is 4.74 Å². The molecule has 0 radical (unpaired) electrons. The number of nitrogens with zero attached hydrogens (tertiary/aromatic N) is 1. The maximum Gasteiger partial charge on any atom is 0.338 e. The van der Waals surface area contributed by atoms with Crippen molar-refractivity contribution < 1.29 is 22.7 Å². The molecule has 8 heteroatoms. The Balaban J connectivity index is 1.92. The molecule has 1 fully saturated rings. The van der Waals surface area contributed by atoms with Crippen LogP contribution in [0.2, 0.25) is 0 Å². The molecule has 0 saturated carbocycles. The second kappa shape index (κ2) is 9.14. The number of sulfonamides is 1. The summed E-state index contributed by atoms with van der Waals surface area (Å²) >= 11 is 0. The predicted molar refractivity (Wildman–Crippen MR) is 97.2 cm³/mol. The van der Waals surface area contributed by atoms with Crippen LogP contribution in [0.25, 0.3) is 0 Å². The first-order chi connectivity index (χ1) is 12.3. The Labute approximate surface area is 154 Å². The summed E-state index contributed by atoms with van der Waals surface area (Å²) < 4.78 is 32.0. The van der Waals surface area contributed by atoms with Crippen molar-refractivity contribution in [2.45, 2.75) is 50.5 Å². The molecule has 0 bridgehead atoms. The Kier molecular flexibility index (Phi) is 7.16. The van der Waals surface area contributed by atoms with Crippen LogP contribution in [0.15, 0.2) is 29.2 Å². The number of carbonyl (C=O) groups excluding carboxylic acids is 2. The van der Waals surface area contributed by atoms with Crippen LogP contribution < -0.4 is 4.72 Å². The second-order valence-electron chi connectivity index (χ2n) is 6.47. The Hall–Kier alpha value is -1.93. The van der Waals surface area contributed by atoms with E-state index < -0.39 is 16.0 Å². The van der Waals surface area contributed by atoms with Gasteiger partial charge in [0.25, 0.3) is 5.91 Å². The Morgan fingerprint density at radius 2 is 1.77 bits per heavy atom. The van der Waals surface area contributed by atoms with Gasteiger partial charge < -0.3 is 9.64 Å². The number of benzene rings is 1. The van der Waals surface area contributed by atoms with Gasteiger partial charge in [0.05, 0.1) is 10.5 Å². The lowest BCUT2D eigenvalue weighted by atomic mass is 10.1. The molecule has 0 aliphatic carbocycles. The Morgan fingerprint density at radius 1 is 1.15 bits per heavy atom. The van der Waals surface area contributed by atoms with Crippen LogP contribution in [0.3, 0.4) is 0 Å². The van der Waals surface area contributed by atoms with Gasteiger partial charge in [-0.15, -0.1) is 0 Å². The quantitative estimate of drug-likeness (QED) is 0.728. The highest BCUT2D eigenvalue weighted by Gasteiger charge is 2.20. The lowest BCUT2D eigenvalue weighted by Gasteiger charge is -2.26. The zero-order chi connectivity index (χ0) is 19.2. The Morgan fingerprint density at radius 3 is 2.35 bits per heavy atom. The zero-order valence-corrected chi connectivity index (χ0v) is 16.0. The molecule has 1 aromatic rings. The third-order valence-corrected chi connectivity index (χ3v) is 6.01. The van der Waals surface area contributed by atoms with Crippen molar-refractivity contribution in [3.8, 4) is 0 Å². The second-order valence-corrected chi connectivity index (χ2v) is 8.19. The first-order valence-electron chi connectivity index (χ1n) is 8.90. The van der Waals surface area contributed by atoms with Gasteiger partial charge in [0.2, 0.25) is 10.0 Å². The molecule has 0 unspecified atom stereocenters. The molecular weight excluding hydrogens is 356 g/mol. The van der Waals surface area contributed by atoms with Crippen molar-refractivity contribution in [1.29, 1.82) is 0 Å². The molecule has 1 heterocycles. The standard InChI is InChI=1S/C18H26N2O5S/c1-3-14(2)19-26(23,24)16-9-7-15(8-10-16)18(22)25-13-17(21)20-11-5-4-6-12-20/h7-10,14,19H,3-6,11-13H2,1-2H3/t14-/m1/s1. The number of esters is 1.